The Morgan fingerprint density at radius 1 is 1.12 bits per heavy atom. The molecule has 0 aromatic carbocycles. The molecule has 26 heavy (non-hydrogen) atoms. The van der Waals surface area contributed by atoms with Crippen LogP contribution >= 0.6 is 0 Å². The lowest BCUT2D eigenvalue weighted by Crippen LogP contribution is -2.52. The van der Waals surface area contributed by atoms with Gasteiger partial charge in [0.05, 0.1) is 5.56 Å². The monoisotopic (exact) mass is 361 g/mol. The molecule has 2 amide bonds. The second-order valence-corrected chi connectivity index (χ2v) is 7.53. The molecule has 1 unspecified atom stereocenters. The third-order valence-electron chi connectivity index (χ3n) is 5.51. The van der Waals surface area contributed by atoms with E-state index in [-0.39, 0.29) is 17.9 Å². The molecule has 2 saturated heterocycles. The number of nitrogens with one attached hydrogen (secondary N) is 1. The fraction of sp³-hybridized carbons (Fsp3) is 0.700. The summed E-state index contributed by atoms with van der Waals surface area (Å²) in [6.45, 7) is 8.08. The maximum absolute atomic E-state index is 12.9. The highest BCUT2D eigenvalue weighted by Crippen LogP contribution is 2.23. The number of carbonyl (C=O) groups is 2. The Balaban J connectivity index is 1.58. The number of nitrogens with zero attached hydrogens (tertiary/aromatic N) is 2. The van der Waals surface area contributed by atoms with Crippen molar-refractivity contribution in [3.8, 4) is 0 Å². The van der Waals surface area contributed by atoms with Gasteiger partial charge in [-0.1, -0.05) is 6.42 Å². The van der Waals surface area contributed by atoms with E-state index in [1.807, 2.05) is 6.92 Å². The van der Waals surface area contributed by atoms with Gasteiger partial charge in [-0.15, -0.1) is 0 Å². The number of piperidine rings is 2. The molecule has 0 aliphatic carbocycles. The Hall–Kier alpha value is -1.82. The van der Waals surface area contributed by atoms with Crippen molar-refractivity contribution >= 4 is 11.8 Å². The first kappa shape index (κ1) is 19.0. The van der Waals surface area contributed by atoms with Crippen LogP contribution in [0.2, 0.25) is 0 Å². The molecule has 1 atom stereocenters. The molecule has 6 heteroatoms. The lowest BCUT2D eigenvalue weighted by molar-refractivity contribution is -0.126. The molecule has 2 fully saturated rings. The average molecular weight is 361 g/mol. The van der Waals surface area contributed by atoms with Gasteiger partial charge in [-0.2, -0.15) is 0 Å². The molecule has 144 valence electrons. The average Bonchev–Trinajstić information content (AvgIpc) is 3.00. The van der Waals surface area contributed by atoms with Gasteiger partial charge >= 0.3 is 0 Å². The minimum Gasteiger partial charge on any atom is -0.466 e. The Morgan fingerprint density at radius 2 is 1.85 bits per heavy atom. The van der Waals surface area contributed by atoms with Crippen LogP contribution in [0.4, 0.5) is 0 Å². The van der Waals surface area contributed by atoms with Gasteiger partial charge in [0.15, 0.2) is 0 Å². The first-order valence-corrected chi connectivity index (χ1v) is 9.94. The molecule has 1 aromatic rings. The standard InChI is InChI=1S/C20H31N3O3/c1-15-14-17(16(2)26-15)20(25)23-12-7-4-8-18(23)19(24)21-9-13-22-10-5-3-6-11-22/h14,18H,3-13H2,1-2H3,(H,21,24). The Labute approximate surface area is 155 Å². The van der Waals surface area contributed by atoms with Gasteiger partial charge in [0, 0.05) is 19.6 Å². The highest BCUT2D eigenvalue weighted by atomic mass is 16.3. The molecule has 0 spiro atoms. The minimum atomic E-state index is -0.368. The number of hydrogen-bond donors (Lipinski definition) is 1. The molecular weight excluding hydrogens is 330 g/mol. The van der Waals surface area contributed by atoms with Gasteiger partial charge in [0.2, 0.25) is 5.91 Å². The molecule has 2 aliphatic rings. The molecule has 1 aromatic heterocycles. The van der Waals surface area contributed by atoms with Crippen molar-refractivity contribution in [2.24, 2.45) is 0 Å². The fourth-order valence-electron chi connectivity index (χ4n) is 4.08. The molecular formula is C20H31N3O3. The van der Waals surface area contributed by atoms with Crippen molar-refractivity contribution in [3.63, 3.8) is 0 Å². The van der Waals surface area contributed by atoms with Gasteiger partial charge in [-0.25, -0.2) is 0 Å². The molecule has 2 aliphatic heterocycles. The fourth-order valence-corrected chi connectivity index (χ4v) is 4.08. The predicted octanol–water partition coefficient (Wildman–Crippen LogP) is 2.49. The van der Waals surface area contributed by atoms with E-state index in [2.05, 4.69) is 10.2 Å². The summed E-state index contributed by atoms with van der Waals surface area (Å²) in [5.41, 5.74) is 0.579. The summed E-state index contributed by atoms with van der Waals surface area (Å²) in [4.78, 5) is 29.8. The maximum Gasteiger partial charge on any atom is 0.258 e. The summed E-state index contributed by atoms with van der Waals surface area (Å²) in [6, 6.07) is 1.41. The molecule has 0 saturated carbocycles. The molecule has 6 nitrogen and oxygen atoms in total. The number of furan rings is 1. The van der Waals surface area contributed by atoms with E-state index in [9.17, 15) is 9.59 Å². The van der Waals surface area contributed by atoms with E-state index in [1.165, 1.54) is 19.3 Å². The number of rotatable bonds is 5. The molecule has 3 rings (SSSR count). The molecule has 0 bridgehead atoms. The molecule has 0 radical (unpaired) electrons. The summed E-state index contributed by atoms with van der Waals surface area (Å²) < 4.78 is 5.50. The maximum atomic E-state index is 12.9. The Kier molecular flexibility index (Phi) is 6.35. The summed E-state index contributed by atoms with van der Waals surface area (Å²) >= 11 is 0. The first-order valence-electron chi connectivity index (χ1n) is 9.94. The second kappa shape index (κ2) is 8.71. The smallest absolute Gasteiger partial charge is 0.258 e. The quantitative estimate of drug-likeness (QED) is 0.875. The van der Waals surface area contributed by atoms with E-state index in [4.69, 9.17) is 4.42 Å². The molecule has 1 N–H and O–H groups in total. The number of likely N-dealkylation sites (tertiary alicyclic amines) is 2. The zero-order valence-corrected chi connectivity index (χ0v) is 16.1. The highest BCUT2D eigenvalue weighted by Gasteiger charge is 2.33. The van der Waals surface area contributed by atoms with Gasteiger partial charge < -0.3 is 19.5 Å². The topological polar surface area (TPSA) is 65.8 Å². The van der Waals surface area contributed by atoms with E-state index in [0.29, 0.717) is 24.4 Å². The van der Waals surface area contributed by atoms with Crippen molar-refractivity contribution in [3.05, 3.63) is 23.2 Å². The normalized spacial score (nSPS) is 21.6. The lowest BCUT2D eigenvalue weighted by atomic mass is 10.00. The van der Waals surface area contributed by atoms with Crippen LogP contribution in [0.25, 0.3) is 0 Å². The zero-order chi connectivity index (χ0) is 18.5. The van der Waals surface area contributed by atoms with Crippen LogP contribution in [0.3, 0.4) is 0 Å². The van der Waals surface area contributed by atoms with E-state index in [1.54, 1.807) is 17.9 Å². The van der Waals surface area contributed by atoms with Crippen molar-refractivity contribution < 1.29 is 14.0 Å². The largest absolute Gasteiger partial charge is 0.466 e. The van der Waals surface area contributed by atoms with Crippen molar-refractivity contribution in [2.75, 3.05) is 32.7 Å². The molecule has 3 heterocycles. The van der Waals surface area contributed by atoms with Crippen LogP contribution < -0.4 is 5.32 Å². The Morgan fingerprint density at radius 3 is 2.54 bits per heavy atom. The van der Waals surface area contributed by atoms with Gasteiger partial charge in [-0.3, -0.25) is 9.59 Å². The number of hydrogen-bond acceptors (Lipinski definition) is 4. The van der Waals surface area contributed by atoms with Crippen LogP contribution in [0, 0.1) is 13.8 Å². The van der Waals surface area contributed by atoms with Crippen molar-refractivity contribution in [1.29, 1.82) is 0 Å². The predicted molar refractivity (Wildman–Crippen MR) is 100 cm³/mol. The van der Waals surface area contributed by atoms with Crippen LogP contribution in [0.5, 0.6) is 0 Å². The van der Waals surface area contributed by atoms with E-state index < -0.39 is 0 Å². The Bertz CT molecular complexity index is 634. The van der Waals surface area contributed by atoms with Crippen LogP contribution in [0.1, 0.15) is 60.4 Å². The highest BCUT2D eigenvalue weighted by molar-refractivity contribution is 5.98. The SMILES string of the molecule is Cc1cc(C(=O)N2CCCCC2C(=O)NCCN2CCCCC2)c(C)o1. The van der Waals surface area contributed by atoms with Gasteiger partial charge in [0.1, 0.15) is 17.6 Å². The van der Waals surface area contributed by atoms with Gasteiger partial charge in [0.25, 0.3) is 5.91 Å². The third kappa shape index (κ3) is 4.47. The number of aryl methyl sites for hydroxylation is 2. The van der Waals surface area contributed by atoms with Gasteiger partial charge in [-0.05, 0) is 65.1 Å². The van der Waals surface area contributed by atoms with Crippen molar-refractivity contribution in [1.82, 2.24) is 15.1 Å². The third-order valence-corrected chi connectivity index (χ3v) is 5.51. The minimum absolute atomic E-state index is 0.0204. The van der Waals surface area contributed by atoms with E-state index in [0.717, 1.165) is 44.7 Å². The number of amides is 2. The zero-order valence-electron chi connectivity index (χ0n) is 16.1. The summed E-state index contributed by atoms with van der Waals surface area (Å²) in [7, 11) is 0. The van der Waals surface area contributed by atoms with Crippen LogP contribution in [0.15, 0.2) is 10.5 Å². The van der Waals surface area contributed by atoms with Crippen molar-refractivity contribution in [2.45, 2.75) is 58.4 Å². The van der Waals surface area contributed by atoms with Crippen LogP contribution in [-0.4, -0.2) is 60.4 Å². The summed E-state index contributed by atoms with van der Waals surface area (Å²) in [5.74, 6) is 1.25. The van der Waals surface area contributed by atoms with Crippen LogP contribution in [-0.2, 0) is 4.79 Å². The lowest BCUT2D eigenvalue weighted by Gasteiger charge is -2.35. The summed E-state index contributed by atoms with van der Waals surface area (Å²) in [5, 5.41) is 3.06. The summed E-state index contributed by atoms with van der Waals surface area (Å²) in [6.07, 6.45) is 6.48. The van der Waals surface area contributed by atoms with E-state index >= 15 is 0 Å². The number of carbonyl (C=O) groups excluding carboxylic acids is 2. The first-order chi connectivity index (χ1) is 12.6. The second-order valence-electron chi connectivity index (χ2n) is 7.53.